The number of hydrogen-bond donors (Lipinski definition) is 0. The Bertz CT molecular complexity index is 784. The van der Waals surface area contributed by atoms with Crippen molar-refractivity contribution in [1.29, 1.82) is 0 Å². The minimum absolute atomic E-state index is 0.129. The molecule has 0 bridgehead atoms. The van der Waals surface area contributed by atoms with Crippen molar-refractivity contribution in [3.63, 3.8) is 0 Å². The fourth-order valence-corrected chi connectivity index (χ4v) is 3.05. The molecular formula is C17H14F7NO2. The van der Waals surface area contributed by atoms with Gasteiger partial charge in [-0.2, -0.15) is 22.0 Å². The van der Waals surface area contributed by atoms with Crippen LogP contribution in [-0.2, 0) is 10.7 Å². The van der Waals surface area contributed by atoms with Gasteiger partial charge in [-0.05, 0) is 30.7 Å². The van der Waals surface area contributed by atoms with Gasteiger partial charge in [-0.1, -0.05) is 0 Å². The molecule has 0 N–H and O–H groups in total. The third-order valence-electron chi connectivity index (χ3n) is 4.50. The Balaban J connectivity index is 2.16. The highest BCUT2D eigenvalue weighted by Gasteiger charge is 2.59. The lowest BCUT2D eigenvalue weighted by atomic mass is 9.94. The molecular weight excluding hydrogens is 383 g/mol. The van der Waals surface area contributed by atoms with Crippen molar-refractivity contribution < 1.29 is 40.3 Å². The molecule has 0 spiro atoms. The van der Waals surface area contributed by atoms with Crippen LogP contribution in [0.5, 0.6) is 5.75 Å². The Labute approximate surface area is 149 Å². The summed E-state index contributed by atoms with van der Waals surface area (Å²) in [6.45, 7) is -2.47. The van der Waals surface area contributed by atoms with Crippen LogP contribution >= 0.6 is 0 Å². The summed E-state index contributed by atoms with van der Waals surface area (Å²) in [7, 11) is 0. The van der Waals surface area contributed by atoms with Crippen LogP contribution in [-0.4, -0.2) is 42.5 Å². The highest BCUT2D eigenvalue weighted by molar-refractivity contribution is 5.90. The van der Waals surface area contributed by atoms with E-state index in [9.17, 15) is 35.5 Å². The molecule has 0 unspecified atom stereocenters. The van der Waals surface area contributed by atoms with E-state index in [1.807, 2.05) is 0 Å². The van der Waals surface area contributed by atoms with E-state index in [2.05, 4.69) is 0 Å². The molecule has 1 aromatic rings. The minimum atomic E-state index is -5.83. The normalized spacial score (nSPS) is 19.6. The number of ether oxygens (including phenoxy) is 1. The van der Waals surface area contributed by atoms with E-state index in [0.29, 0.717) is 18.6 Å². The van der Waals surface area contributed by atoms with Gasteiger partial charge in [0, 0.05) is 24.1 Å². The molecule has 2 aliphatic rings. The third-order valence-corrected chi connectivity index (χ3v) is 4.50. The summed E-state index contributed by atoms with van der Waals surface area (Å²) in [6.07, 6.45) is -4.34. The Morgan fingerprint density at radius 3 is 2.30 bits per heavy atom. The number of hydrogen-bond acceptors (Lipinski definition) is 2. The molecule has 1 saturated heterocycles. The van der Waals surface area contributed by atoms with Crippen LogP contribution in [0.1, 0.15) is 24.0 Å². The fraction of sp³-hybridized carbons (Fsp3) is 0.471. The van der Waals surface area contributed by atoms with Gasteiger partial charge < -0.3 is 9.64 Å². The molecule has 2 heterocycles. The van der Waals surface area contributed by atoms with Crippen LogP contribution in [0.2, 0.25) is 0 Å². The molecule has 148 valence electrons. The Morgan fingerprint density at radius 1 is 1.11 bits per heavy atom. The highest BCUT2D eigenvalue weighted by atomic mass is 19.4. The van der Waals surface area contributed by atoms with Gasteiger partial charge in [0.25, 0.3) is 0 Å². The topological polar surface area (TPSA) is 29.5 Å². The van der Waals surface area contributed by atoms with E-state index in [0.717, 1.165) is 17.0 Å². The number of nitrogens with zero attached hydrogens (tertiary/aromatic N) is 1. The quantitative estimate of drug-likeness (QED) is 0.706. The standard InChI is InChI=1S/C17H14F7NO2/c18-8-15(9-19)7-12(25-5-1-2-14(25)26)11-6-10(3-4-13(11)27-15)16(20,21)17(22,23)24/h3-4,6-7H,1-2,5,8-9H2. The first-order valence-electron chi connectivity index (χ1n) is 7.98. The lowest BCUT2D eigenvalue weighted by molar-refractivity contribution is -0.289. The third kappa shape index (κ3) is 3.14. The first kappa shape index (κ1) is 19.5. The molecule has 1 amide bonds. The Kier molecular flexibility index (Phi) is 4.63. The number of likely N-dealkylation sites (tertiary alicyclic amines) is 1. The molecule has 0 aromatic heterocycles. The van der Waals surface area contributed by atoms with Crippen molar-refractivity contribution in [2.24, 2.45) is 0 Å². The zero-order valence-corrected chi connectivity index (χ0v) is 13.8. The summed E-state index contributed by atoms with van der Waals surface area (Å²) >= 11 is 0. The zero-order chi connectivity index (χ0) is 20.0. The molecule has 0 radical (unpaired) electrons. The van der Waals surface area contributed by atoms with Crippen molar-refractivity contribution in [1.82, 2.24) is 4.90 Å². The van der Waals surface area contributed by atoms with E-state index in [-0.39, 0.29) is 30.0 Å². The number of carbonyl (C=O) groups is 1. The van der Waals surface area contributed by atoms with Crippen LogP contribution in [0.3, 0.4) is 0 Å². The maximum Gasteiger partial charge on any atom is 0.458 e. The maximum atomic E-state index is 13.7. The second kappa shape index (κ2) is 6.42. The number of amides is 1. The smallest absolute Gasteiger partial charge is 0.458 e. The van der Waals surface area contributed by atoms with Gasteiger partial charge in [0.05, 0.1) is 5.70 Å². The van der Waals surface area contributed by atoms with Gasteiger partial charge in [-0.15, -0.1) is 0 Å². The van der Waals surface area contributed by atoms with Crippen LogP contribution in [0.15, 0.2) is 24.3 Å². The van der Waals surface area contributed by atoms with Crippen molar-refractivity contribution in [3.05, 3.63) is 35.4 Å². The number of benzene rings is 1. The van der Waals surface area contributed by atoms with E-state index in [4.69, 9.17) is 4.74 Å². The van der Waals surface area contributed by atoms with Crippen LogP contribution in [0, 0.1) is 0 Å². The Morgan fingerprint density at radius 2 is 1.78 bits per heavy atom. The summed E-state index contributed by atoms with van der Waals surface area (Å²) < 4.78 is 97.5. The van der Waals surface area contributed by atoms with Gasteiger partial charge in [0.15, 0.2) is 5.60 Å². The lowest BCUT2D eigenvalue weighted by Gasteiger charge is -2.36. The molecule has 1 fully saturated rings. The van der Waals surface area contributed by atoms with Gasteiger partial charge in [0.1, 0.15) is 19.1 Å². The van der Waals surface area contributed by atoms with Crippen LogP contribution in [0.4, 0.5) is 30.7 Å². The van der Waals surface area contributed by atoms with Crippen molar-refractivity contribution in [2.45, 2.75) is 30.5 Å². The molecule has 2 aliphatic heterocycles. The number of fused-ring (bicyclic) bond motifs is 1. The molecule has 27 heavy (non-hydrogen) atoms. The Hall–Kier alpha value is -2.26. The summed E-state index contributed by atoms with van der Waals surface area (Å²) in [5, 5.41) is 0. The minimum Gasteiger partial charge on any atom is -0.477 e. The van der Waals surface area contributed by atoms with Gasteiger partial charge >= 0.3 is 12.1 Å². The van der Waals surface area contributed by atoms with Gasteiger partial charge in [-0.3, -0.25) is 4.79 Å². The molecule has 3 nitrogen and oxygen atoms in total. The van der Waals surface area contributed by atoms with Crippen LogP contribution < -0.4 is 4.74 Å². The molecule has 3 rings (SSSR count). The highest BCUT2D eigenvalue weighted by Crippen LogP contribution is 2.47. The average Bonchev–Trinajstić information content (AvgIpc) is 3.05. The fourth-order valence-electron chi connectivity index (χ4n) is 3.05. The van der Waals surface area contributed by atoms with Gasteiger partial charge in [0.2, 0.25) is 5.91 Å². The molecule has 1 aromatic carbocycles. The summed E-state index contributed by atoms with van der Waals surface area (Å²) in [5.74, 6) is -5.84. The van der Waals surface area contributed by atoms with Crippen molar-refractivity contribution in [2.75, 3.05) is 19.9 Å². The second-order valence-electron chi connectivity index (χ2n) is 6.40. The molecule has 0 saturated carbocycles. The number of rotatable bonds is 4. The monoisotopic (exact) mass is 397 g/mol. The van der Waals surface area contributed by atoms with E-state index >= 15 is 0 Å². The largest absolute Gasteiger partial charge is 0.477 e. The predicted molar refractivity (Wildman–Crippen MR) is 80.6 cm³/mol. The second-order valence-corrected chi connectivity index (χ2v) is 6.40. The molecule has 0 aliphatic carbocycles. The number of halogens is 7. The number of carbonyl (C=O) groups excluding carboxylic acids is 1. The first-order chi connectivity index (χ1) is 12.5. The molecule has 0 atom stereocenters. The predicted octanol–water partition coefficient (Wildman–Crippen LogP) is 4.37. The average molecular weight is 397 g/mol. The lowest BCUT2D eigenvalue weighted by Crippen LogP contribution is -2.43. The number of alkyl halides is 7. The molecule has 10 heteroatoms. The SMILES string of the molecule is O=C1CCCN1C1=CC(CF)(CF)Oc2ccc(C(F)(F)C(F)(F)F)cc21. The summed E-state index contributed by atoms with van der Waals surface area (Å²) in [4.78, 5) is 13.2. The van der Waals surface area contributed by atoms with E-state index < -0.39 is 42.5 Å². The van der Waals surface area contributed by atoms with E-state index in [1.54, 1.807) is 0 Å². The van der Waals surface area contributed by atoms with Crippen molar-refractivity contribution in [3.8, 4) is 5.75 Å². The van der Waals surface area contributed by atoms with E-state index in [1.165, 1.54) is 0 Å². The maximum absolute atomic E-state index is 13.7. The summed E-state index contributed by atoms with van der Waals surface area (Å²) in [5.41, 5.74) is -3.81. The first-order valence-corrected chi connectivity index (χ1v) is 7.98. The summed E-state index contributed by atoms with van der Waals surface area (Å²) in [6, 6.07) is 1.83. The van der Waals surface area contributed by atoms with Crippen LogP contribution in [0.25, 0.3) is 5.70 Å². The van der Waals surface area contributed by atoms with Gasteiger partial charge in [-0.25, -0.2) is 8.78 Å². The zero-order valence-electron chi connectivity index (χ0n) is 13.8. The van der Waals surface area contributed by atoms with Crippen molar-refractivity contribution >= 4 is 11.6 Å².